The number of rotatable bonds is 11. The van der Waals surface area contributed by atoms with Crippen LogP contribution in [0.1, 0.15) is 28.4 Å². The van der Waals surface area contributed by atoms with Gasteiger partial charge < -0.3 is 29.0 Å². The quantitative estimate of drug-likeness (QED) is 0.297. The molecule has 0 atom stereocenters. The van der Waals surface area contributed by atoms with Crippen molar-refractivity contribution in [1.29, 1.82) is 0 Å². The van der Waals surface area contributed by atoms with E-state index in [0.717, 1.165) is 11.1 Å². The van der Waals surface area contributed by atoms with E-state index < -0.39 is 5.91 Å². The highest BCUT2D eigenvalue weighted by molar-refractivity contribution is 5.96. The predicted octanol–water partition coefficient (Wildman–Crippen LogP) is 4.02. The van der Waals surface area contributed by atoms with Gasteiger partial charge in [-0.05, 0) is 60.2 Å². The molecule has 3 rings (SSSR count). The maximum atomic E-state index is 12.6. The number of nitrogens with one attached hydrogen (secondary N) is 2. The molecule has 10 nitrogen and oxygen atoms in total. The van der Waals surface area contributed by atoms with Crippen molar-refractivity contribution in [3.8, 4) is 28.7 Å². The molecule has 0 bridgehead atoms. The standard InChI is InChI=1S/C27H29N3O7/c1-17(31)29-21-7-9-22(10-8-21)37-16-20-12-18(6-11-23(20)33-2)15-28-30-27(32)19-13-24(34-3)26(36-5)25(14-19)35-4/h6-15H,16H2,1-5H3,(H,29,31)(H,30,32)/b28-15-. The van der Waals surface area contributed by atoms with E-state index in [0.29, 0.717) is 40.0 Å². The van der Waals surface area contributed by atoms with Gasteiger partial charge in [-0.2, -0.15) is 5.10 Å². The highest BCUT2D eigenvalue weighted by Gasteiger charge is 2.16. The number of anilines is 1. The van der Waals surface area contributed by atoms with Crippen molar-refractivity contribution in [3.05, 3.63) is 71.3 Å². The second-order valence-electron chi connectivity index (χ2n) is 7.68. The Balaban J connectivity index is 1.68. The molecule has 0 spiro atoms. The summed E-state index contributed by atoms with van der Waals surface area (Å²) in [7, 11) is 6.01. The number of hydrogen-bond acceptors (Lipinski definition) is 8. The van der Waals surface area contributed by atoms with Crippen LogP contribution in [-0.2, 0) is 11.4 Å². The number of benzene rings is 3. The summed E-state index contributed by atoms with van der Waals surface area (Å²) >= 11 is 0. The Morgan fingerprint density at radius 1 is 0.838 bits per heavy atom. The van der Waals surface area contributed by atoms with Crippen LogP contribution in [0.5, 0.6) is 28.7 Å². The molecule has 0 aliphatic carbocycles. The highest BCUT2D eigenvalue weighted by atomic mass is 16.5. The van der Waals surface area contributed by atoms with Gasteiger partial charge in [0.25, 0.3) is 5.91 Å². The summed E-state index contributed by atoms with van der Waals surface area (Å²) in [4.78, 5) is 23.8. The lowest BCUT2D eigenvalue weighted by atomic mass is 10.1. The highest BCUT2D eigenvalue weighted by Crippen LogP contribution is 2.38. The lowest BCUT2D eigenvalue weighted by molar-refractivity contribution is -0.114. The van der Waals surface area contributed by atoms with Gasteiger partial charge in [0.2, 0.25) is 11.7 Å². The summed E-state index contributed by atoms with van der Waals surface area (Å²) in [6, 6.07) is 15.6. The average Bonchev–Trinajstić information content (AvgIpc) is 2.91. The summed E-state index contributed by atoms with van der Waals surface area (Å²) in [5.41, 5.74) is 4.99. The SMILES string of the molecule is COc1ccc(/C=N\NC(=O)c2cc(OC)c(OC)c(OC)c2)cc1COc1ccc(NC(C)=O)cc1. The van der Waals surface area contributed by atoms with Crippen molar-refractivity contribution in [1.82, 2.24) is 5.43 Å². The Kier molecular flexibility index (Phi) is 9.31. The normalized spacial score (nSPS) is 10.5. The molecular formula is C27H29N3O7. The van der Waals surface area contributed by atoms with E-state index in [1.54, 1.807) is 43.5 Å². The lowest BCUT2D eigenvalue weighted by Gasteiger charge is -2.13. The Bertz CT molecular complexity index is 1250. The summed E-state index contributed by atoms with van der Waals surface area (Å²) < 4.78 is 27.2. The monoisotopic (exact) mass is 507 g/mol. The summed E-state index contributed by atoms with van der Waals surface area (Å²) in [5.74, 6) is 1.80. The van der Waals surface area contributed by atoms with E-state index in [2.05, 4.69) is 15.8 Å². The molecule has 10 heteroatoms. The number of amides is 2. The minimum absolute atomic E-state index is 0.142. The number of ether oxygens (including phenoxy) is 5. The zero-order valence-electron chi connectivity index (χ0n) is 21.3. The topological polar surface area (TPSA) is 117 Å². The molecule has 0 heterocycles. The second kappa shape index (κ2) is 12.8. The van der Waals surface area contributed by atoms with E-state index in [9.17, 15) is 9.59 Å². The Labute approximate surface area is 215 Å². The molecule has 0 saturated carbocycles. The lowest BCUT2D eigenvalue weighted by Crippen LogP contribution is -2.18. The Hall–Kier alpha value is -4.73. The summed E-state index contributed by atoms with van der Waals surface area (Å²) in [5, 5.41) is 6.77. The van der Waals surface area contributed by atoms with Gasteiger partial charge >= 0.3 is 0 Å². The second-order valence-corrected chi connectivity index (χ2v) is 7.68. The molecule has 2 amide bonds. The fourth-order valence-electron chi connectivity index (χ4n) is 3.43. The summed E-state index contributed by atoms with van der Waals surface area (Å²) in [6.07, 6.45) is 1.51. The molecule has 194 valence electrons. The predicted molar refractivity (Wildman–Crippen MR) is 139 cm³/mol. The van der Waals surface area contributed by atoms with Crippen molar-refractivity contribution >= 4 is 23.7 Å². The van der Waals surface area contributed by atoms with Gasteiger partial charge in [-0.25, -0.2) is 5.43 Å². The van der Waals surface area contributed by atoms with Crippen LogP contribution in [0.2, 0.25) is 0 Å². The minimum atomic E-state index is -0.449. The maximum absolute atomic E-state index is 12.6. The molecule has 3 aromatic carbocycles. The van der Waals surface area contributed by atoms with Crippen LogP contribution in [0, 0.1) is 0 Å². The minimum Gasteiger partial charge on any atom is -0.496 e. The zero-order valence-corrected chi connectivity index (χ0v) is 21.3. The van der Waals surface area contributed by atoms with Crippen molar-refractivity contribution < 1.29 is 33.3 Å². The zero-order chi connectivity index (χ0) is 26.8. The Morgan fingerprint density at radius 2 is 1.49 bits per heavy atom. The van der Waals surface area contributed by atoms with E-state index in [4.69, 9.17) is 23.7 Å². The first kappa shape index (κ1) is 26.9. The maximum Gasteiger partial charge on any atom is 0.271 e. The third-order valence-corrected chi connectivity index (χ3v) is 5.18. The van der Waals surface area contributed by atoms with Crippen LogP contribution in [0.3, 0.4) is 0 Å². The molecule has 0 unspecified atom stereocenters. The van der Waals surface area contributed by atoms with Crippen LogP contribution in [0.15, 0.2) is 59.7 Å². The molecule has 0 fully saturated rings. The van der Waals surface area contributed by atoms with Crippen LogP contribution >= 0.6 is 0 Å². The van der Waals surface area contributed by atoms with Crippen molar-refractivity contribution in [2.24, 2.45) is 5.10 Å². The molecule has 0 aliphatic rings. The molecular weight excluding hydrogens is 478 g/mol. The van der Waals surface area contributed by atoms with Gasteiger partial charge in [0.1, 0.15) is 18.1 Å². The summed E-state index contributed by atoms with van der Waals surface area (Å²) in [6.45, 7) is 1.69. The molecule has 0 radical (unpaired) electrons. The smallest absolute Gasteiger partial charge is 0.271 e. The number of carbonyl (C=O) groups is 2. The fourth-order valence-corrected chi connectivity index (χ4v) is 3.43. The van der Waals surface area contributed by atoms with Crippen LogP contribution < -0.4 is 34.4 Å². The Morgan fingerprint density at radius 3 is 2.05 bits per heavy atom. The molecule has 0 saturated heterocycles. The van der Waals surface area contributed by atoms with Gasteiger partial charge in [-0.1, -0.05) is 0 Å². The fraction of sp³-hybridized carbons (Fsp3) is 0.222. The van der Waals surface area contributed by atoms with Gasteiger partial charge in [0.15, 0.2) is 11.5 Å². The van der Waals surface area contributed by atoms with Crippen LogP contribution in [0.4, 0.5) is 5.69 Å². The van der Waals surface area contributed by atoms with Crippen molar-refractivity contribution in [2.75, 3.05) is 33.8 Å². The average molecular weight is 508 g/mol. The van der Waals surface area contributed by atoms with Gasteiger partial charge in [-0.15, -0.1) is 0 Å². The number of hydrogen-bond donors (Lipinski definition) is 2. The van der Waals surface area contributed by atoms with Crippen molar-refractivity contribution in [2.45, 2.75) is 13.5 Å². The third kappa shape index (κ3) is 7.14. The van der Waals surface area contributed by atoms with E-state index >= 15 is 0 Å². The van der Waals surface area contributed by atoms with E-state index in [-0.39, 0.29) is 12.5 Å². The molecule has 37 heavy (non-hydrogen) atoms. The van der Waals surface area contributed by atoms with E-state index in [1.165, 1.54) is 46.6 Å². The van der Waals surface area contributed by atoms with Crippen LogP contribution in [0.25, 0.3) is 0 Å². The molecule has 0 aromatic heterocycles. The molecule has 3 aromatic rings. The number of nitrogens with zero attached hydrogens (tertiary/aromatic N) is 1. The number of carbonyl (C=O) groups excluding carboxylic acids is 2. The molecule has 2 N–H and O–H groups in total. The first-order valence-corrected chi connectivity index (χ1v) is 11.2. The first-order chi connectivity index (χ1) is 17.9. The van der Waals surface area contributed by atoms with Gasteiger partial charge in [-0.3, -0.25) is 9.59 Å². The first-order valence-electron chi connectivity index (χ1n) is 11.2. The van der Waals surface area contributed by atoms with Crippen molar-refractivity contribution in [3.63, 3.8) is 0 Å². The van der Waals surface area contributed by atoms with E-state index in [1.807, 2.05) is 6.07 Å². The largest absolute Gasteiger partial charge is 0.496 e. The van der Waals surface area contributed by atoms with Gasteiger partial charge in [0.05, 0.1) is 34.7 Å². The van der Waals surface area contributed by atoms with Crippen LogP contribution in [-0.4, -0.2) is 46.5 Å². The number of hydrazone groups is 1. The number of methoxy groups -OCH3 is 4. The van der Waals surface area contributed by atoms with Gasteiger partial charge in [0, 0.05) is 23.7 Å². The third-order valence-electron chi connectivity index (χ3n) is 5.18. The molecule has 0 aliphatic heterocycles.